The number of carbonyl (C=O) groups is 2. The third-order valence-corrected chi connectivity index (χ3v) is 3.88. The van der Waals surface area contributed by atoms with Crippen LogP contribution in [0.15, 0.2) is 54.2 Å². The van der Waals surface area contributed by atoms with Crippen molar-refractivity contribution >= 4 is 34.7 Å². The average molecular weight is 408 g/mol. The van der Waals surface area contributed by atoms with Gasteiger partial charge >= 0.3 is 6.18 Å². The number of alkyl halides is 3. The number of Topliss-reactive ketones (excluding diaryl/α,β-unsaturated/α-hetero) is 1. The number of carbonyl (C=O) groups excluding carboxylic acids is 2. The Morgan fingerprint density at radius 1 is 1.14 bits per heavy atom. The highest BCUT2D eigenvalue weighted by molar-refractivity contribution is 6.31. The molecule has 2 aromatic rings. The summed E-state index contributed by atoms with van der Waals surface area (Å²) in [4.78, 5) is 23.6. The van der Waals surface area contributed by atoms with Gasteiger partial charge in [0.15, 0.2) is 5.78 Å². The molecule has 0 radical (unpaired) electrons. The number of nitrogens with zero attached hydrogens (tertiary/aromatic N) is 1. The molecule has 0 aliphatic rings. The van der Waals surface area contributed by atoms with Gasteiger partial charge in [0.2, 0.25) is 0 Å². The van der Waals surface area contributed by atoms with Gasteiger partial charge in [-0.1, -0.05) is 23.7 Å². The predicted molar refractivity (Wildman–Crippen MR) is 98.8 cm³/mol. The van der Waals surface area contributed by atoms with Crippen LogP contribution in [0.5, 0.6) is 0 Å². The summed E-state index contributed by atoms with van der Waals surface area (Å²) in [7, 11) is 0. The summed E-state index contributed by atoms with van der Waals surface area (Å²) in [5.41, 5.74) is -0.756. The smallest absolute Gasteiger partial charge is 0.360 e. The fraction of sp³-hybridized carbons (Fsp3) is 0.105. The number of halogens is 4. The van der Waals surface area contributed by atoms with Crippen LogP contribution >= 0.6 is 11.6 Å². The minimum absolute atomic E-state index is 0.158. The second kappa shape index (κ2) is 8.59. The summed E-state index contributed by atoms with van der Waals surface area (Å²) in [5, 5.41) is 13.6. The molecule has 144 valence electrons. The first-order valence-electron chi connectivity index (χ1n) is 7.77. The number of hydrogen-bond donors (Lipinski definition) is 2. The Bertz CT molecular complexity index is 995. The van der Waals surface area contributed by atoms with Crippen LogP contribution < -0.4 is 10.6 Å². The van der Waals surface area contributed by atoms with Crippen molar-refractivity contribution in [1.82, 2.24) is 0 Å². The number of rotatable bonds is 5. The normalized spacial score (nSPS) is 11.5. The van der Waals surface area contributed by atoms with E-state index in [2.05, 4.69) is 10.6 Å². The molecule has 1 amide bonds. The highest BCUT2D eigenvalue weighted by Crippen LogP contribution is 2.36. The van der Waals surface area contributed by atoms with Crippen molar-refractivity contribution in [3.63, 3.8) is 0 Å². The van der Waals surface area contributed by atoms with E-state index in [0.29, 0.717) is 17.3 Å². The number of nitriles is 1. The first-order chi connectivity index (χ1) is 13.1. The quantitative estimate of drug-likeness (QED) is 0.414. The molecule has 0 aliphatic carbocycles. The van der Waals surface area contributed by atoms with Gasteiger partial charge in [0.25, 0.3) is 5.91 Å². The van der Waals surface area contributed by atoms with Gasteiger partial charge in [0.05, 0.1) is 10.6 Å². The van der Waals surface area contributed by atoms with E-state index in [-0.39, 0.29) is 17.0 Å². The van der Waals surface area contributed by atoms with Crippen LogP contribution in [0.4, 0.5) is 24.5 Å². The van der Waals surface area contributed by atoms with E-state index in [9.17, 15) is 22.8 Å². The monoisotopic (exact) mass is 407 g/mol. The fourth-order valence-electron chi connectivity index (χ4n) is 2.15. The lowest BCUT2D eigenvalue weighted by Crippen LogP contribution is -2.15. The van der Waals surface area contributed by atoms with E-state index in [1.54, 1.807) is 24.3 Å². The van der Waals surface area contributed by atoms with Crippen molar-refractivity contribution < 1.29 is 22.8 Å². The summed E-state index contributed by atoms with van der Waals surface area (Å²) in [6.45, 7) is 1.39. The molecule has 0 spiro atoms. The van der Waals surface area contributed by atoms with Gasteiger partial charge in [-0.25, -0.2) is 0 Å². The SMILES string of the molecule is CC(=O)c1cccc(N/C=C(/C#N)C(=O)Nc2ccc(Cl)c(C(F)(F)F)c2)c1. The lowest BCUT2D eigenvalue weighted by Gasteiger charge is -2.11. The van der Waals surface area contributed by atoms with Gasteiger partial charge in [0.1, 0.15) is 11.6 Å². The summed E-state index contributed by atoms with van der Waals surface area (Å²) >= 11 is 5.53. The lowest BCUT2D eigenvalue weighted by atomic mass is 10.1. The van der Waals surface area contributed by atoms with Gasteiger partial charge in [-0.05, 0) is 37.3 Å². The number of ketones is 1. The molecule has 28 heavy (non-hydrogen) atoms. The minimum Gasteiger partial charge on any atom is -0.360 e. The van der Waals surface area contributed by atoms with E-state index in [0.717, 1.165) is 12.3 Å². The Labute approximate surface area is 163 Å². The number of hydrogen-bond acceptors (Lipinski definition) is 4. The number of anilines is 2. The first kappa shape index (κ1) is 21.0. The molecule has 0 aromatic heterocycles. The summed E-state index contributed by atoms with van der Waals surface area (Å²) < 4.78 is 38.7. The third-order valence-electron chi connectivity index (χ3n) is 3.55. The van der Waals surface area contributed by atoms with Crippen molar-refractivity contribution in [1.29, 1.82) is 5.26 Å². The van der Waals surface area contributed by atoms with Gasteiger partial charge in [0, 0.05) is 23.1 Å². The maximum atomic E-state index is 12.9. The zero-order valence-electron chi connectivity index (χ0n) is 14.4. The molecule has 0 saturated heterocycles. The van der Waals surface area contributed by atoms with E-state index in [1.165, 1.54) is 19.1 Å². The van der Waals surface area contributed by atoms with Crippen molar-refractivity contribution in [2.24, 2.45) is 0 Å². The first-order valence-corrected chi connectivity index (χ1v) is 8.15. The molecule has 5 nitrogen and oxygen atoms in total. The molecule has 9 heteroatoms. The van der Waals surface area contributed by atoms with Crippen LogP contribution in [0.25, 0.3) is 0 Å². The highest BCUT2D eigenvalue weighted by Gasteiger charge is 2.33. The fourth-order valence-corrected chi connectivity index (χ4v) is 2.38. The molecule has 0 fully saturated rings. The van der Waals surface area contributed by atoms with E-state index in [1.807, 2.05) is 0 Å². The number of nitrogens with one attached hydrogen (secondary N) is 2. The second-order valence-corrected chi connectivity index (χ2v) is 6.00. The molecule has 2 aromatic carbocycles. The Morgan fingerprint density at radius 2 is 1.86 bits per heavy atom. The molecular formula is C19H13ClF3N3O2. The van der Waals surface area contributed by atoms with Crippen LogP contribution in [0.2, 0.25) is 5.02 Å². The summed E-state index contributed by atoms with van der Waals surface area (Å²) in [6.07, 6.45) is -3.59. The van der Waals surface area contributed by atoms with Crippen molar-refractivity contribution in [2.75, 3.05) is 10.6 Å². The standard InChI is InChI=1S/C19H13ClF3N3O2/c1-11(27)12-3-2-4-14(7-12)25-10-13(9-24)18(28)26-15-5-6-17(20)16(8-15)19(21,22)23/h2-8,10,25H,1H3,(H,26,28)/b13-10-. The van der Waals surface area contributed by atoms with Crippen LogP contribution in [0.3, 0.4) is 0 Å². The zero-order chi connectivity index (χ0) is 20.9. The molecule has 0 heterocycles. The van der Waals surface area contributed by atoms with Crippen LogP contribution in [0.1, 0.15) is 22.8 Å². The van der Waals surface area contributed by atoms with Gasteiger partial charge in [-0.3, -0.25) is 9.59 Å². The molecule has 2 rings (SSSR count). The Balaban J connectivity index is 2.18. The molecule has 0 aliphatic heterocycles. The van der Waals surface area contributed by atoms with E-state index in [4.69, 9.17) is 16.9 Å². The van der Waals surface area contributed by atoms with E-state index >= 15 is 0 Å². The van der Waals surface area contributed by atoms with Crippen molar-refractivity contribution in [3.8, 4) is 6.07 Å². The minimum atomic E-state index is -4.69. The maximum absolute atomic E-state index is 12.9. The van der Waals surface area contributed by atoms with Gasteiger partial charge in [-0.15, -0.1) is 0 Å². The second-order valence-electron chi connectivity index (χ2n) is 5.60. The summed E-state index contributed by atoms with van der Waals surface area (Å²) in [5.74, 6) is -1.07. The van der Waals surface area contributed by atoms with Crippen LogP contribution in [0, 0.1) is 11.3 Å². The Morgan fingerprint density at radius 3 is 2.46 bits per heavy atom. The molecule has 0 unspecified atom stereocenters. The van der Waals surface area contributed by atoms with Gasteiger partial charge < -0.3 is 10.6 Å². The van der Waals surface area contributed by atoms with Crippen molar-refractivity contribution in [2.45, 2.75) is 13.1 Å². The third kappa shape index (κ3) is 5.34. The topological polar surface area (TPSA) is 82.0 Å². The van der Waals surface area contributed by atoms with Gasteiger partial charge in [-0.2, -0.15) is 18.4 Å². The highest BCUT2D eigenvalue weighted by atomic mass is 35.5. The number of benzene rings is 2. The molecule has 2 N–H and O–H groups in total. The lowest BCUT2D eigenvalue weighted by molar-refractivity contribution is -0.137. The molecular weight excluding hydrogens is 395 g/mol. The zero-order valence-corrected chi connectivity index (χ0v) is 15.2. The van der Waals surface area contributed by atoms with Crippen LogP contribution in [-0.4, -0.2) is 11.7 Å². The van der Waals surface area contributed by atoms with E-state index < -0.39 is 22.7 Å². The molecule has 0 atom stereocenters. The predicted octanol–water partition coefficient (Wildman–Crippen LogP) is 5.02. The number of amides is 1. The van der Waals surface area contributed by atoms with Crippen molar-refractivity contribution in [3.05, 3.63) is 70.4 Å². The Kier molecular flexibility index (Phi) is 6.44. The largest absolute Gasteiger partial charge is 0.417 e. The average Bonchev–Trinajstić information content (AvgIpc) is 2.63. The molecule has 0 saturated carbocycles. The summed E-state index contributed by atoms with van der Waals surface area (Å²) in [6, 6.07) is 10.9. The Hall–Kier alpha value is -3.31. The van der Waals surface area contributed by atoms with Crippen LogP contribution in [-0.2, 0) is 11.0 Å². The maximum Gasteiger partial charge on any atom is 0.417 e. The molecule has 0 bridgehead atoms.